The second-order valence-electron chi connectivity index (χ2n) is 5.68. The van der Waals surface area contributed by atoms with Crippen LogP contribution < -0.4 is 5.32 Å². The largest absolute Gasteiger partial charge is 0.348 e. The summed E-state index contributed by atoms with van der Waals surface area (Å²) in [6.07, 6.45) is 6.95. The van der Waals surface area contributed by atoms with Gasteiger partial charge in [0.15, 0.2) is 5.82 Å². The predicted molar refractivity (Wildman–Crippen MR) is 97.8 cm³/mol. The molecule has 0 fully saturated rings. The maximum absolute atomic E-state index is 12.5. The first-order valence-corrected chi connectivity index (χ1v) is 8.86. The third-order valence-electron chi connectivity index (χ3n) is 3.37. The first-order chi connectivity index (χ1) is 12.1. The van der Waals surface area contributed by atoms with Gasteiger partial charge in [0, 0.05) is 36.6 Å². The molecule has 0 aliphatic heterocycles. The highest BCUT2D eigenvalue weighted by Crippen LogP contribution is 2.24. The number of thioether (sulfide) groups is 1. The van der Waals surface area contributed by atoms with E-state index in [-0.39, 0.29) is 5.91 Å². The summed E-state index contributed by atoms with van der Waals surface area (Å²) in [6, 6.07) is 9.20. The van der Waals surface area contributed by atoms with Gasteiger partial charge in [0.2, 0.25) is 0 Å². The number of hydrogen-bond donors (Lipinski definition) is 1. The molecule has 0 aliphatic carbocycles. The fraction of sp³-hybridized carbons (Fsp3) is 0.222. The molecule has 1 amide bonds. The van der Waals surface area contributed by atoms with Crippen LogP contribution in [-0.4, -0.2) is 30.9 Å². The molecule has 3 rings (SSSR count). The third kappa shape index (κ3) is 4.45. The van der Waals surface area contributed by atoms with E-state index in [9.17, 15) is 4.79 Å². The summed E-state index contributed by atoms with van der Waals surface area (Å²) >= 11 is 1.58. The van der Waals surface area contributed by atoms with Crippen molar-refractivity contribution in [2.45, 2.75) is 30.7 Å². The normalized spacial score (nSPS) is 10.8. The summed E-state index contributed by atoms with van der Waals surface area (Å²) in [4.78, 5) is 21.1. The van der Waals surface area contributed by atoms with Crippen molar-refractivity contribution < 1.29 is 4.79 Å². The molecule has 0 saturated heterocycles. The Morgan fingerprint density at radius 1 is 1.20 bits per heavy atom. The molecule has 25 heavy (non-hydrogen) atoms. The van der Waals surface area contributed by atoms with Gasteiger partial charge in [0.25, 0.3) is 5.91 Å². The Kier molecular flexibility index (Phi) is 5.45. The van der Waals surface area contributed by atoms with Crippen molar-refractivity contribution in [3.63, 3.8) is 0 Å². The molecule has 0 atom stereocenters. The summed E-state index contributed by atoms with van der Waals surface area (Å²) in [5.74, 6) is 0.586. The average molecular weight is 353 g/mol. The third-order valence-corrected chi connectivity index (χ3v) is 4.39. The van der Waals surface area contributed by atoms with E-state index in [1.807, 2.05) is 24.4 Å². The lowest BCUT2D eigenvalue weighted by Crippen LogP contribution is -2.24. The molecule has 3 aromatic rings. The highest BCUT2D eigenvalue weighted by molar-refractivity contribution is 7.99. The van der Waals surface area contributed by atoms with Crippen LogP contribution in [0.25, 0.3) is 5.82 Å². The van der Waals surface area contributed by atoms with Crippen LogP contribution >= 0.6 is 11.8 Å². The van der Waals surface area contributed by atoms with Gasteiger partial charge in [0.1, 0.15) is 5.03 Å². The maximum Gasteiger partial charge on any atom is 0.254 e. The zero-order valence-electron chi connectivity index (χ0n) is 14.1. The lowest BCUT2D eigenvalue weighted by atomic mass is 10.2. The molecule has 0 aliphatic rings. The quantitative estimate of drug-likeness (QED) is 0.690. The van der Waals surface area contributed by atoms with E-state index in [1.54, 1.807) is 47.2 Å². The van der Waals surface area contributed by atoms with Gasteiger partial charge in [0.05, 0.1) is 5.56 Å². The number of rotatable bonds is 6. The Balaban J connectivity index is 1.70. The van der Waals surface area contributed by atoms with Crippen LogP contribution in [0.3, 0.4) is 0 Å². The number of aromatic nitrogens is 4. The predicted octanol–water partition coefficient (Wildman–Crippen LogP) is 3.09. The van der Waals surface area contributed by atoms with Gasteiger partial charge in [-0.1, -0.05) is 13.8 Å². The molecule has 0 spiro atoms. The van der Waals surface area contributed by atoms with E-state index in [4.69, 9.17) is 0 Å². The average Bonchev–Trinajstić information content (AvgIpc) is 3.15. The summed E-state index contributed by atoms with van der Waals surface area (Å²) < 4.78 is 1.68. The minimum absolute atomic E-state index is 0.131. The molecular formula is C18H19N5OS. The van der Waals surface area contributed by atoms with Crippen LogP contribution in [0.2, 0.25) is 0 Å². The van der Waals surface area contributed by atoms with E-state index >= 15 is 0 Å². The van der Waals surface area contributed by atoms with Gasteiger partial charge in [-0.3, -0.25) is 4.79 Å². The van der Waals surface area contributed by atoms with Crippen molar-refractivity contribution in [3.05, 3.63) is 66.2 Å². The van der Waals surface area contributed by atoms with Gasteiger partial charge in [-0.15, -0.1) is 11.8 Å². The van der Waals surface area contributed by atoms with Gasteiger partial charge in [-0.05, 0) is 35.9 Å². The number of nitrogens with one attached hydrogen (secondary N) is 1. The molecule has 128 valence electrons. The fourth-order valence-corrected chi connectivity index (χ4v) is 3.11. The lowest BCUT2D eigenvalue weighted by molar-refractivity contribution is 0.0947. The van der Waals surface area contributed by atoms with E-state index in [1.165, 1.54) is 0 Å². The standard InChI is InChI=1S/C18H19N5OS/c1-13(2)25-18-15(5-3-7-20-18)17(24)21-12-14-6-9-19-16(11-14)23-10-4-8-22-23/h3-11,13H,12H2,1-2H3,(H,21,24). The molecule has 0 unspecified atom stereocenters. The monoisotopic (exact) mass is 353 g/mol. The van der Waals surface area contributed by atoms with Gasteiger partial charge in [-0.25, -0.2) is 14.6 Å². The molecule has 0 radical (unpaired) electrons. The molecule has 0 saturated carbocycles. The smallest absolute Gasteiger partial charge is 0.254 e. The van der Waals surface area contributed by atoms with Crippen molar-refractivity contribution in [2.24, 2.45) is 0 Å². The Morgan fingerprint density at radius 2 is 2.08 bits per heavy atom. The van der Waals surface area contributed by atoms with Gasteiger partial charge in [-0.2, -0.15) is 5.10 Å². The minimum Gasteiger partial charge on any atom is -0.348 e. The Bertz CT molecular complexity index is 848. The van der Waals surface area contributed by atoms with Crippen molar-refractivity contribution in [1.82, 2.24) is 25.1 Å². The number of carbonyl (C=O) groups is 1. The summed E-state index contributed by atoms with van der Waals surface area (Å²) in [7, 11) is 0. The zero-order chi connectivity index (χ0) is 17.6. The fourth-order valence-electron chi connectivity index (χ4n) is 2.26. The second-order valence-corrected chi connectivity index (χ2v) is 7.24. The van der Waals surface area contributed by atoms with Crippen LogP contribution in [0.15, 0.2) is 60.1 Å². The Morgan fingerprint density at radius 3 is 2.84 bits per heavy atom. The number of nitrogens with zero attached hydrogens (tertiary/aromatic N) is 4. The summed E-state index contributed by atoms with van der Waals surface area (Å²) in [5.41, 5.74) is 1.55. The molecular weight excluding hydrogens is 334 g/mol. The van der Waals surface area contributed by atoms with E-state index in [0.717, 1.165) is 10.6 Å². The van der Waals surface area contributed by atoms with Crippen LogP contribution in [0.1, 0.15) is 29.8 Å². The molecule has 0 bridgehead atoms. The van der Waals surface area contributed by atoms with Crippen LogP contribution in [0.4, 0.5) is 0 Å². The van der Waals surface area contributed by atoms with Crippen molar-refractivity contribution in [3.8, 4) is 5.82 Å². The van der Waals surface area contributed by atoms with Crippen LogP contribution in [0, 0.1) is 0 Å². The topological polar surface area (TPSA) is 72.7 Å². The first-order valence-electron chi connectivity index (χ1n) is 7.98. The van der Waals surface area contributed by atoms with Gasteiger partial charge >= 0.3 is 0 Å². The number of carbonyl (C=O) groups excluding carboxylic acids is 1. The minimum atomic E-state index is -0.131. The van der Waals surface area contributed by atoms with Gasteiger partial charge < -0.3 is 5.32 Å². The Labute approximate surface area is 150 Å². The highest BCUT2D eigenvalue weighted by Gasteiger charge is 2.13. The molecule has 7 heteroatoms. The molecule has 0 aromatic carbocycles. The molecule has 1 N–H and O–H groups in total. The van der Waals surface area contributed by atoms with Crippen molar-refractivity contribution in [1.29, 1.82) is 0 Å². The van der Waals surface area contributed by atoms with E-state index in [2.05, 4.69) is 34.2 Å². The molecule has 3 aromatic heterocycles. The lowest BCUT2D eigenvalue weighted by Gasteiger charge is -2.11. The van der Waals surface area contributed by atoms with E-state index < -0.39 is 0 Å². The summed E-state index contributed by atoms with van der Waals surface area (Å²) in [6.45, 7) is 4.57. The van der Waals surface area contributed by atoms with E-state index in [0.29, 0.717) is 23.2 Å². The van der Waals surface area contributed by atoms with Crippen molar-refractivity contribution >= 4 is 17.7 Å². The molecule has 6 nitrogen and oxygen atoms in total. The number of hydrogen-bond acceptors (Lipinski definition) is 5. The second kappa shape index (κ2) is 7.94. The SMILES string of the molecule is CC(C)Sc1ncccc1C(=O)NCc1ccnc(-n2cccn2)c1. The van der Waals surface area contributed by atoms with Crippen LogP contribution in [-0.2, 0) is 6.54 Å². The summed E-state index contributed by atoms with van der Waals surface area (Å²) in [5, 5.41) is 8.23. The van der Waals surface area contributed by atoms with Crippen molar-refractivity contribution in [2.75, 3.05) is 0 Å². The zero-order valence-corrected chi connectivity index (χ0v) is 14.9. The number of pyridine rings is 2. The first kappa shape index (κ1) is 17.2. The maximum atomic E-state index is 12.5. The molecule has 3 heterocycles. The Hall–Kier alpha value is -2.67. The highest BCUT2D eigenvalue weighted by atomic mass is 32.2. The number of amides is 1. The van der Waals surface area contributed by atoms with Crippen LogP contribution in [0.5, 0.6) is 0 Å².